The van der Waals surface area contributed by atoms with Crippen molar-refractivity contribution < 1.29 is 5.21 Å². The maximum absolute atomic E-state index is 9.31. The fourth-order valence-corrected chi connectivity index (χ4v) is 1.95. The standard InChI is InChI=1S/C12H11N5O/c1-8-10(16-18)11(9-5-3-2-4-6-9)17-12(15-8)13-7-14-17/h2-7,16,18H,1H3. The van der Waals surface area contributed by atoms with Gasteiger partial charge in [0, 0.05) is 5.56 Å². The molecule has 0 aliphatic rings. The van der Waals surface area contributed by atoms with Crippen LogP contribution in [0.1, 0.15) is 5.69 Å². The maximum Gasteiger partial charge on any atom is 0.253 e. The molecule has 90 valence electrons. The van der Waals surface area contributed by atoms with Gasteiger partial charge in [0.15, 0.2) is 0 Å². The van der Waals surface area contributed by atoms with Gasteiger partial charge in [0.1, 0.15) is 17.7 Å². The van der Waals surface area contributed by atoms with Crippen LogP contribution in [0.5, 0.6) is 0 Å². The van der Waals surface area contributed by atoms with Gasteiger partial charge in [-0.1, -0.05) is 30.3 Å². The molecular formula is C12H11N5O. The van der Waals surface area contributed by atoms with E-state index in [4.69, 9.17) is 0 Å². The Morgan fingerprint density at radius 1 is 1.22 bits per heavy atom. The molecule has 2 heterocycles. The normalized spacial score (nSPS) is 10.8. The number of nitrogens with zero attached hydrogens (tertiary/aromatic N) is 4. The van der Waals surface area contributed by atoms with E-state index in [-0.39, 0.29) is 0 Å². The molecule has 0 spiro atoms. The highest BCUT2D eigenvalue weighted by molar-refractivity contribution is 5.77. The van der Waals surface area contributed by atoms with Gasteiger partial charge in [-0.15, -0.1) is 0 Å². The van der Waals surface area contributed by atoms with Gasteiger partial charge >= 0.3 is 0 Å². The fraction of sp³-hybridized carbons (Fsp3) is 0.0833. The van der Waals surface area contributed by atoms with Crippen LogP contribution in [0.2, 0.25) is 0 Å². The van der Waals surface area contributed by atoms with E-state index in [1.165, 1.54) is 6.33 Å². The van der Waals surface area contributed by atoms with Crippen molar-refractivity contribution in [3.63, 3.8) is 0 Å². The highest BCUT2D eigenvalue weighted by Crippen LogP contribution is 2.29. The Bertz CT molecular complexity index is 692. The van der Waals surface area contributed by atoms with Gasteiger partial charge in [0.05, 0.1) is 5.69 Å². The van der Waals surface area contributed by atoms with E-state index in [2.05, 4.69) is 20.5 Å². The quantitative estimate of drug-likeness (QED) is 0.670. The van der Waals surface area contributed by atoms with E-state index >= 15 is 0 Å². The van der Waals surface area contributed by atoms with Gasteiger partial charge in [-0.05, 0) is 6.92 Å². The molecule has 3 aromatic rings. The smallest absolute Gasteiger partial charge is 0.253 e. The third-order valence-electron chi connectivity index (χ3n) is 2.77. The molecule has 0 amide bonds. The Labute approximate surface area is 103 Å². The first kappa shape index (κ1) is 10.7. The monoisotopic (exact) mass is 241 g/mol. The lowest BCUT2D eigenvalue weighted by Crippen LogP contribution is -2.05. The van der Waals surface area contributed by atoms with E-state index < -0.39 is 0 Å². The van der Waals surface area contributed by atoms with Gasteiger partial charge in [0.2, 0.25) is 0 Å². The fourth-order valence-electron chi connectivity index (χ4n) is 1.95. The highest BCUT2D eigenvalue weighted by atomic mass is 16.5. The zero-order chi connectivity index (χ0) is 12.5. The first-order valence-electron chi connectivity index (χ1n) is 5.47. The van der Waals surface area contributed by atoms with Crippen LogP contribution in [-0.2, 0) is 0 Å². The zero-order valence-corrected chi connectivity index (χ0v) is 9.70. The van der Waals surface area contributed by atoms with Crippen LogP contribution >= 0.6 is 0 Å². The SMILES string of the molecule is Cc1nc2ncnn2c(-c2ccccc2)c1NO. The van der Waals surface area contributed by atoms with Crippen LogP contribution in [-0.4, -0.2) is 24.8 Å². The van der Waals surface area contributed by atoms with Crippen molar-refractivity contribution in [1.29, 1.82) is 0 Å². The Morgan fingerprint density at radius 3 is 2.72 bits per heavy atom. The minimum Gasteiger partial charge on any atom is -0.291 e. The third kappa shape index (κ3) is 1.51. The maximum atomic E-state index is 9.31. The molecule has 0 atom stereocenters. The van der Waals surface area contributed by atoms with Crippen LogP contribution in [0.15, 0.2) is 36.7 Å². The van der Waals surface area contributed by atoms with Crippen molar-refractivity contribution >= 4 is 11.5 Å². The summed E-state index contributed by atoms with van der Waals surface area (Å²) in [6, 6.07) is 9.67. The molecule has 0 saturated carbocycles. The Morgan fingerprint density at radius 2 is 2.00 bits per heavy atom. The van der Waals surface area contributed by atoms with Crippen LogP contribution in [0.3, 0.4) is 0 Å². The summed E-state index contributed by atoms with van der Waals surface area (Å²) in [5, 5.41) is 13.4. The molecule has 0 aliphatic heterocycles. The summed E-state index contributed by atoms with van der Waals surface area (Å²) < 4.78 is 1.60. The molecule has 0 aliphatic carbocycles. The van der Waals surface area contributed by atoms with Crippen molar-refractivity contribution in [3.05, 3.63) is 42.4 Å². The second kappa shape index (κ2) is 4.08. The second-order valence-corrected chi connectivity index (χ2v) is 3.87. The van der Waals surface area contributed by atoms with Crippen LogP contribution < -0.4 is 5.48 Å². The molecule has 2 aromatic heterocycles. The lowest BCUT2D eigenvalue weighted by Gasteiger charge is -2.12. The molecule has 6 heteroatoms. The van der Waals surface area contributed by atoms with Gasteiger partial charge in [-0.2, -0.15) is 14.6 Å². The number of nitrogens with one attached hydrogen (secondary N) is 1. The molecule has 0 fully saturated rings. The number of anilines is 1. The lowest BCUT2D eigenvalue weighted by molar-refractivity contribution is 0.388. The predicted octanol–water partition coefficient (Wildman–Crippen LogP) is 1.90. The van der Waals surface area contributed by atoms with Gasteiger partial charge < -0.3 is 0 Å². The van der Waals surface area contributed by atoms with E-state index in [1.54, 1.807) is 11.4 Å². The van der Waals surface area contributed by atoms with Crippen LogP contribution in [0.4, 0.5) is 5.69 Å². The topological polar surface area (TPSA) is 75.3 Å². The number of hydrogen-bond donors (Lipinski definition) is 2. The molecule has 6 nitrogen and oxygen atoms in total. The minimum atomic E-state index is 0.505. The summed E-state index contributed by atoms with van der Waals surface area (Å²) in [6.07, 6.45) is 1.44. The van der Waals surface area contributed by atoms with Crippen LogP contribution in [0, 0.1) is 6.92 Å². The molecule has 0 radical (unpaired) electrons. The number of benzene rings is 1. The Kier molecular flexibility index (Phi) is 2.42. The summed E-state index contributed by atoms with van der Waals surface area (Å²) >= 11 is 0. The van der Waals surface area contributed by atoms with E-state index in [0.29, 0.717) is 17.2 Å². The van der Waals surface area contributed by atoms with Crippen molar-refractivity contribution in [2.24, 2.45) is 0 Å². The Balaban J connectivity index is 2.41. The first-order valence-corrected chi connectivity index (χ1v) is 5.47. The highest BCUT2D eigenvalue weighted by Gasteiger charge is 2.15. The lowest BCUT2D eigenvalue weighted by atomic mass is 10.1. The predicted molar refractivity (Wildman–Crippen MR) is 66.4 cm³/mol. The van der Waals surface area contributed by atoms with Crippen molar-refractivity contribution in [3.8, 4) is 11.3 Å². The summed E-state index contributed by atoms with van der Waals surface area (Å²) in [5.74, 6) is 0.505. The average Bonchev–Trinajstić information content (AvgIpc) is 2.85. The third-order valence-corrected chi connectivity index (χ3v) is 2.77. The average molecular weight is 241 g/mol. The van der Waals surface area contributed by atoms with Crippen LogP contribution in [0.25, 0.3) is 17.0 Å². The summed E-state index contributed by atoms with van der Waals surface area (Å²) in [7, 11) is 0. The first-order chi connectivity index (χ1) is 8.81. The van der Waals surface area contributed by atoms with E-state index in [0.717, 1.165) is 11.3 Å². The molecule has 2 N–H and O–H groups in total. The number of fused-ring (bicyclic) bond motifs is 1. The minimum absolute atomic E-state index is 0.505. The second-order valence-electron chi connectivity index (χ2n) is 3.87. The van der Waals surface area contributed by atoms with Crippen molar-refractivity contribution in [2.45, 2.75) is 6.92 Å². The molecule has 0 bridgehead atoms. The molecule has 0 unspecified atom stereocenters. The van der Waals surface area contributed by atoms with E-state index in [9.17, 15) is 5.21 Å². The van der Waals surface area contributed by atoms with Gasteiger partial charge in [0.25, 0.3) is 5.78 Å². The summed E-state index contributed by atoms with van der Waals surface area (Å²) in [5.41, 5.74) is 5.04. The number of rotatable bonds is 2. The number of aromatic nitrogens is 4. The summed E-state index contributed by atoms with van der Waals surface area (Å²) in [6.45, 7) is 1.81. The molecule has 3 rings (SSSR count). The number of aryl methyl sites for hydroxylation is 1. The Hall–Kier alpha value is -2.47. The summed E-state index contributed by atoms with van der Waals surface area (Å²) in [4.78, 5) is 8.33. The molecule has 0 saturated heterocycles. The van der Waals surface area contributed by atoms with Gasteiger partial charge in [-0.3, -0.25) is 10.7 Å². The molecular weight excluding hydrogens is 230 g/mol. The van der Waals surface area contributed by atoms with Crippen molar-refractivity contribution in [2.75, 3.05) is 5.48 Å². The largest absolute Gasteiger partial charge is 0.291 e. The van der Waals surface area contributed by atoms with Gasteiger partial charge in [-0.25, -0.2) is 4.98 Å². The number of hydrogen-bond acceptors (Lipinski definition) is 5. The molecule has 18 heavy (non-hydrogen) atoms. The molecule has 1 aromatic carbocycles. The van der Waals surface area contributed by atoms with E-state index in [1.807, 2.05) is 30.3 Å². The van der Waals surface area contributed by atoms with Crippen molar-refractivity contribution in [1.82, 2.24) is 19.6 Å². The zero-order valence-electron chi connectivity index (χ0n) is 9.70.